The molecule has 4 rings (SSSR count). The molecule has 130 valence electrons. The number of hydrogen-bond acceptors (Lipinski definition) is 3. The van der Waals surface area contributed by atoms with Crippen LogP contribution in [-0.2, 0) is 9.59 Å². The van der Waals surface area contributed by atoms with Gasteiger partial charge in [0, 0.05) is 44.5 Å². The van der Waals surface area contributed by atoms with E-state index in [-0.39, 0.29) is 17.7 Å². The maximum absolute atomic E-state index is 12.8. The predicted octanol–water partition coefficient (Wildman–Crippen LogP) is 1.97. The van der Waals surface area contributed by atoms with E-state index in [0.717, 1.165) is 42.6 Å². The van der Waals surface area contributed by atoms with E-state index in [4.69, 9.17) is 0 Å². The van der Waals surface area contributed by atoms with Crippen molar-refractivity contribution in [3.8, 4) is 0 Å². The molecule has 0 spiro atoms. The lowest BCUT2D eigenvalue weighted by Gasteiger charge is -2.33. The molecule has 0 N–H and O–H groups in total. The van der Waals surface area contributed by atoms with Crippen LogP contribution in [0.4, 0.5) is 5.69 Å². The highest BCUT2D eigenvalue weighted by molar-refractivity contribution is 6.07. The number of hydrogen-bond donors (Lipinski definition) is 0. The number of likely N-dealkylation sites (N-methyl/N-ethyl adjacent to an activating group) is 1. The van der Waals surface area contributed by atoms with Crippen LogP contribution in [0.15, 0.2) is 42.5 Å². The molecule has 2 aromatic carbocycles. The lowest BCUT2D eigenvalue weighted by atomic mass is 10.1. The number of fused-ring (bicyclic) bond motifs is 1. The molecule has 2 saturated heterocycles. The molecule has 0 radical (unpaired) electrons. The van der Waals surface area contributed by atoms with E-state index < -0.39 is 0 Å². The van der Waals surface area contributed by atoms with E-state index in [1.165, 1.54) is 0 Å². The Hall–Kier alpha value is -2.40. The van der Waals surface area contributed by atoms with E-state index in [0.29, 0.717) is 13.0 Å². The number of carbonyl (C=O) groups is 2. The Morgan fingerprint density at radius 1 is 1.00 bits per heavy atom. The monoisotopic (exact) mass is 337 g/mol. The van der Waals surface area contributed by atoms with E-state index in [1.54, 1.807) is 4.90 Å². The molecule has 0 bridgehead atoms. The SMILES string of the molecule is CN1CCN(C(=O)C2CC(=O)N(c3cccc4ccccc34)C2)CC1. The van der Waals surface area contributed by atoms with Crippen molar-refractivity contribution in [2.24, 2.45) is 5.92 Å². The summed E-state index contributed by atoms with van der Waals surface area (Å²) >= 11 is 0. The molecule has 5 heteroatoms. The molecule has 0 saturated carbocycles. The first-order valence-electron chi connectivity index (χ1n) is 8.89. The van der Waals surface area contributed by atoms with Crippen molar-refractivity contribution in [1.29, 1.82) is 0 Å². The number of piperazine rings is 1. The third-order valence-corrected chi connectivity index (χ3v) is 5.35. The minimum absolute atomic E-state index is 0.0452. The Morgan fingerprint density at radius 3 is 2.52 bits per heavy atom. The first-order chi connectivity index (χ1) is 12.1. The maximum atomic E-state index is 12.8. The minimum Gasteiger partial charge on any atom is -0.340 e. The van der Waals surface area contributed by atoms with E-state index in [1.807, 2.05) is 47.4 Å². The molecule has 2 heterocycles. The minimum atomic E-state index is -0.227. The summed E-state index contributed by atoms with van der Waals surface area (Å²) in [6.07, 6.45) is 0.314. The first kappa shape index (κ1) is 16.1. The number of benzene rings is 2. The van der Waals surface area contributed by atoms with Crippen molar-refractivity contribution < 1.29 is 9.59 Å². The molecular formula is C20H23N3O2. The van der Waals surface area contributed by atoms with E-state index >= 15 is 0 Å². The van der Waals surface area contributed by atoms with Crippen LogP contribution in [-0.4, -0.2) is 61.4 Å². The lowest BCUT2D eigenvalue weighted by Crippen LogP contribution is -2.49. The van der Waals surface area contributed by atoms with Crippen LogP contribution in [0.3, 0.4) is 0 Å². The fourth-order valence-electron chi connectivity index (χ4n) is 3.83. The highest BCUT2D eigenvalue weighted by Gasteiger charge is 2.38. The molecule has 0 aliphatic carbocycles. The fourth-order valence-corrected chi connectivity index (χ4v) is 3.83. The Balaban J connectivity index is 1.55. The second-order valence-electron chi connectivity index (χ2n) is 7.03. The van der Waals surface area contributed by atoms with Gasteiger partial charge in [0.15, 0.2) is 0 Å². The fraction of sp³-hybridized carbons (Fsp3) is 0.400. The molecule has 2 fully saturated rings. The zero-order valence-corrected chi connectivity index (χ0v) is 14.5. The summed E-state index contributed by atoms with van der Waals surface area (Å²) < 4.78 is 0. The summed E-state index contributed by atoms with van der Waals surface area (Å²) in [7, 11) is 2.07. The van der Waals surface area contributed by atoms with Gasteiger partial charge in [-0.2, -0.15) is 0 Å². The second-order valence-corrected chi connectivity index (χ2v) is 7.03. The van der Waals surface area contributed by atoms with Crippen molar-refractivity contribution in [2.75, 3.05) is 44.7 Å². The topological polar surface area (TPSA) is 43.9 Å². The van der Waals surface area contributed by atoms with Crippen LogP contribution < -0.4 is 4.90 Å². The molecule has 25 heavy (non-hydrogen) atoms. The van der Waals surface area contributed by atoms with Gasteiger partial charge in [-0.15, -0.1) is 0 Å². The summed E-state index contributed by atoms with van der Waals surface area (Å²) in [6.45, 7) is 3.81. The van der Waals surface area contributed by atoms with Crippen molar-refractivity contribution >= 4 is 28.3 Å². The predicted molar refractivity (Wildman–Crippen MR) is 98.5 cm³/mol. The summed E-state index contributed by atoms with van der Waals surface area (Å²) in [5.74, 6) is -0.0529. The Morgan fingerprint density at radius 2 is 1.72 bits per heavy atom. The molecule has 1 atom stereocenters. The molecule has 2 aliphatic rings. The maximum Gasteiger partial charge on any atom is 0.228 e. The van der Waals surface area contributed by atoms with Crippen molar-refractivity contribution in [1.82, 2.24) is 9.80 Å². The highest BCUT2D eigenvalue weighted by Crippen LogP contribution is 2.32. The standard InChI is InChI=1S/C20H23N3O2/c1-21-9-11-22(12-10-21)20(25)16-13-19(24)23(14-16)18-8-4-6-15-5-2-3-7-17(15)18/h2-8,16H,9-14H2,1H3. The van der Waals surface area contributed by atoms with Gasteiger partial charge in [0.05, 0.1) is 11.6 Å². The van der Waals surface area contributed by atoms with Crippen LogP contribution in [0.1, 0.15) is 6.42 Å². The zero-order chi connectivity index (χ0) is 17.4. The summed E-state index contributed by atoms with van der Waals surface area (Å²) in [5, 5.41) is 2.17. The van der Waals surface area contributed by atoms with Crippen molar-refractivity contribution in [3.05, 3.63) is 42.5 Å². The number of nitrogens with zero attached hydrogens (tertiary/aromatic N) is 3. The van der Waals surface area contributed by atoms with Crippen LogP contribution >= 0.6 is 0 Å². The zero-order valence-electron chi connectivity index (χ0n) is 14.5. The van der Waals surface area contributed by atoms with Gasteiger partial charge in [0.2, 0.25) is 11.8 Å². The number of amides is 2. The average Bonchev–Trinajstić information content (AvgIpc) is 3.03. The normalized spacial score (nSPS) is 22.0. The van der Waals surface area contributed by atoms with Crippen LogP contribution in [0.25, 0.3) is 10.8 Å². The Labute approximate surface area is 147 Å². The number of rotatable bonds is 2. The van der Waals surface area contributed by atoms with Gasteiger partial charge in [-0.3, -0.25) is 9.59 Å². The molecule has 5 nitrogen and oxygen atoms in total. The first-order valence-corrected chi connectivity index (χ1v) is 8.89. The third kappa shape index (κ3) is 3.00. The largest absolute Gasteiger partial charge is 0.340 e. The van der Waals surface area contributed by atoms with E-state index in [9.17, 15) is 9.59 Å². The summed E-state index contributed by atoms with van der Waals surface area (Å²) in [5.41, 5.74) is 0.914. The quantitative estimate of drug-likeness (QED) is 0.841. The smallest absolute Gasteiger partial charge is 0.228 e. The highest BCUT2D eigenvalue weighted by atomic mass is 16.2. The summed E-state index contributed by atoms with van der Waals surface area (Å²) in [4.78, 5) is 31.4. The lowest BCUT2D eigenvalue weighted by molar-refractivity contribution is -0.137. The number of carbonyl (C=O) groups excluding carboxylic acids is 2. The average molecular weight is 337 g/mol. The van der Waals surface area contributed by atoms with Crippen molar-refractivity contribution in [3.63, 3.8) is 0 Å². The van der Waals surface area contributed by atoms with Crippen LogP contribution in [0.2, 0.25) is 0 Å². The van der Waals surface area contributed by atoms with Crippen molar-refractivity contribution in [2.45, 2.75) is 6.42 Å². The molecule has 1 unspecified atom stereocenters. The van der Waals surface area contributed by atoms with Crippen LogP contribution in [0, 0.1) is 5.92 Å². The van der Waals surface area contributed by atoms with E-state index in [2.05, 4.69) is 11.9 Å². The van der Waals surface area contributed by atoms with Gasteiger partial charge in [-0.25, -0.2) is 0 Å². The molecule has 2 aliphatic heterocycles. The summed E-state index contributed by atoms with van der Waals surface area (Å²) in [6, 6.07) is 14.1. The van der Waals surface area contributed by atoms with Gasteiger partial charge in [0.25, 0.3) is 0 Å². The van der Waals surface area contributed by atoms with Crippen LogP contribution in [0.5, 0.6) is 0 Å². The molecule has 0 aromatic heterocycles. The van der Waals surface area contributed by atoms with Gasteiger partial charge in [-0.05, 0) is 18.5 Å². The Kier molecular flexibility index (Phi) is 4.17. The molecule has 2 aromatic rings. The second kappa shape index (κ2) is 6.48. The van der Waals surface area contributed by atoms with Gasteiger partial charge in [-0.1, -0.05) is 36.4 Å². The van der Waals surface area contributed by atoms with Gasteiger partial charge < -0.3 is 14.7 Å². The van der Waals surface area contributed by atoms with Gasteiger partial charge >= 0.3 is 0 Å². The number of anilines is 1. The third-order valence-electron chi connectivity index (χ3n) is 5.35. The van der Waals surface area contributed by atoms with Gasteiger partial charge in [0.1, 0.15) is 0 Å². The molecule has 2 amide bonds. The molecular weight excluding hydrogens is 314 g/mol. The Bertz CT molecular complexity index is 806.